The van der Waals surface area contributed by atoms with Crippen molar-refractivity contribution in [3.63, 3.8) is 0 Å². The fourth-order valence-electron chi connectivity index (χ4n) is 3.89. The number of carbonyl (C=O) groups is 2. The van der Waals surface area contributed by atoms with Crippen molar-refractivity contribution in [2.45, 2.75) is 57.7 Å². The first-order valence-electron chi connectivity index (χ1n) is 8.04. The minimum absolute atomic E-state index is 0.129. The fraction of sp³-hybridized carbons (Fsp3) is 0.875. The van der Waals surface area contributed by atoms with Gasteiger partial charge in [0.25, 0.3) is 0 Å². The van der Waals surface area contributed by atoms with E-state index in [1.165, 1.54) is 0 Å². The molecule has 1 unspecified atom stereocenters. The van der Waals surface area contributed by atoms with Crippen LogP contribution in [-0.4, -0.2) is 48.4 Å². The lowest BCUT2D eigenvalue weighted by Crippen LogP contribution is -2.62. The number of nitrogens with one attached hydrogen (secondary N) is 1. The quantitative estimate of drug-likeness (QED) is 0.765. The summed E-state index contributed by atoms with van der Waals surface area (Å²) in [6.45, 7) is 5.09. The van der Waals surface area contributed by atoms with Gasteiger partial charge < -0.3 is 19.9 Å². The molecular formula is C16H25NO5. The van der Waals surface area contributed by atoms with E-state index in [4.69, 9.17) is 9.47 Å². The van der Waals surface area contributed by atoms with Crippen LogP contribution in [0, 0.1) is 10.8 Å². The van der Waals surface area contributed by atoms with E-state index in [0.717, 1.165) is 19.3 Å². The smallest absolute Gasteiger partial charge is 0.319 e. The van der Waals surface area contributed by atoms with Crippen LogP contribution in [0.1, 0.15) is 46.0 Å². The third-order valence-electron chi connectivity index (χ3n) is 5.43. The Balaban J connectivity index is 1.52. The van der Waals surface area contributed by atoms with E-state index in [1.807, 2.05) is 13.8 Å². The highest BCUT2D eigenvalue weighted by molar-refractivity contribution is 6.03. The van der Waals surface area contributed by atoms with Crippen molar-refractivity contribution in [1.29, 1.82) is 0 Å². The summed E-state index contributed by atoms with van der Waals surface area (Å²) in [5.74, 6) is -1.37. The van der Waals surface area contributed by atoms with Crippen LogP contribution in [0.5, 0.6) is 0 Å². The van der Waals surface area contributed by atoms with Gasteiger partial charge in [-0.3, -0.25) is 9.59 Å². The van der Waals surface area contributed by atoms with Gasteiger partial charge in [0.05, 0.1) is 24.9 Å². The zero-order valence-electron chi connectivity index (χ0n) is 13.3. The molecule has 1 atom stereocenters. The first-order chi connectivity index (χ1) is 10.3. The van der Waals surface area contributed by atoms with E-state index < -0.39 is 11.4 Å². The molecular weight excluding hydrogens is 286 g/mol. The van der Waals surface area contributed by atoms with E-state index in [-0.39, 0.29) is 23.0 Å². The lowest BCUT2D eigenvalue weighted by Gasteiger charge is -2.58. The molecule has 0 radical (unpaired) electrons. The molecule has 3 fully saturated rings. The molecule has 124 valence electrons. The van der Waals surface area contributed by atoms with Crippen molar-refractivity contribution in [3.8, 4) is 0 Å². The Bertz CT molecular complexity index is 465. The summed E-state index contributed by atoms with van der Waals surface area (Å²) in [5.41, 5.74) is -1.40. The number of hydrogen-bond acceptors (Lipinski definition) is 4. The SMILES string of the molecule is CC1(C)COC(CNC(=O)C2(C(=O)O)CC3(CCC3)C2)CO1. The topological polar surface area (TPSA) is 84.9 Å². The van der Waals surface area contributed by atoms with Gasteiger partial charge in [-0.05, 0) is 44.9 Å². The summed E-state index contributed by atoms with van der Waals surface area (Å²) < 4.78 is 11.3. The Morgan fingerprint density at radius 3 is 2.41 bits per heavy atom. The number of aliphatic carboxylic acids is 1. The molecule has 0 aromatic carbocycles. The van der Waals surface area contributed by atoms with Crippen LogP contribution in [0.4, 0.5) is 0 Å². The zero-order valence-corrected chi connectivity index (χ0v) is 13.3. The molecule has 1 heterocycles. The second-order valence-corrected chi connectivity index (χ2v) is 7.81. The van der Waals surface area contributed by atoms with Gasteiger partial charge in [-0.25, -0.2) is 0 Å². The highest BCUT2D eigenvalue weighted by Crippen LogP contribution is 2.64. The van der Waals surface area contributed by atoms with Gasteiger partial charge >= 0.3 is 5.97 Å². The summed E-state index contributed by atoms with van der Waals surface area (Å²) in [7, 11) is 0. The molecule has 3 aliphatic rings. The molecule has 2 saturated carbocycles. The molecule has 1 spiro atoms. The molecule has 6 nitrogen and oxygen atoms in total. The Labute approximate surface area is 130 Å². The first-order valence-corrected chi connectivity index (χ1v) is 8.04. The van der Waals surface area contributed by atoms with Gasteiger partial charge in [0, 0.05) is 6.54 Å². The lowest BCUT2D eigenvalue weighted by atomic mass is 9.45. The van der Waals surface area contributed by atoms with E-state index in [0.29, 0.717) is 32.6 Å². The Kier molecular flexibility index (Phi) is 3.72. The van der Waals surface area contributed by atoms with Crippen molar-refractivity contribution in [1.82, 2.24) is 5.32 Å². The maximum Gasteiger partial charge on any atom is 0.319 e. The van der Waals surface area contributed by atoms with Crippen LogP contribution in [0.25, 0.3) is 0 Å². The average molecular weight is 311 g/mol. The average Bonchev–Trinajstić information content (AvgIpc) is 2.34. The van der Waals surface area contributed by atoms with Crippen molar-refractivity contribution >= 4 is 11.9 Å². The monoisotopic (exact) mass is 311 g/mol. The number of carboxylic acid groups (broad SMARTS) is 1. The van der Waals surface area contributed by atoms with Gasteiger partial charge in [0.2, 0.25) is 5.91 Å². The van der Waals surface area contributed by atoms with Gasteiger partial charge in [0.15, 0.2) is 0 Å². The highest BCUT2D eigenvalue weighted by atomic mass is 16.6. The molecule has 1 saturated heterocycles. The molecule has 1 amide bonds. The Morgan fingerprint density at radius 2 is 1.95 bits per heavy atom. The van der Waals surface area contributed by atoms with Gasteiger partial charge in [-0.15, -0.1) is 0 Å². The largest absolute Gasteiger partial charge is 0.480 e. The zero-order chi connectivity index (χ0) is 16.0. The van der Waals surface area contributed by atoms with Crippen molar-refractivity contribution in [3.05, 3.63) is 0 Å². The van der Waals surface area contributed by atoms with Crippen LogP contribution in [0.15, 0.2) is 0 Å². The normalized spacial score (nSPS) is 35.3. The molecule has 0 bridgehead atoms. The molecule has 22 heavy (non-hydrogen) atoms. The molecule has 3 rings (SSSR count). The number of carboxylic acids is 1. The summed E-state index contributed by atoms with van der Waals surface area (Å²) in [6, 6.07) is 0. The number of amides is 1. The van der Waals surface area contributed by atoms with Crippen LogP contribution in [0.2, 0.25) is 0 Å². The third kappa shape index (κ3) is 2.63. The van der Waals surface area contributed by atoms with Gasteiger partial charge in [0.1, 0.15) is 5.41 Å². The number of hydrogen-bond donors (Lipinski definition) is 2. The van der Waals surface area contributed by atoms with E-state index in [1.54, 1.807) is 0 Å². The second kappa shape index (κ2) is 5.20. The highest BCUT2D eigenvalue weighted by Gasteiger charge is 2.64. The maximum absolute atomic E-state index is 12.4. The minimum Gasteiger partial charge on any atom is -0.480 e. The van der Waals surface area contributed by atoms with Crippen molar-refractivity contribution in [2.24, 2.45) is 10.8 Å². The minimum atomic E-state index is -1.23. The predicted molar refractivity (Wildman–Crippen MR) is 78.4 cm³/mol. The lowest BCUT2D eigenvalue weighted by molar-refractivity contribution is -0.184. The molecule has 6 heteroatoms. The van der Waals surface area contributed by atoms with Gasteiger partial charge in [-0.1, -0.05) is 6.42 Å². The summed E-state index contributed by atoms with van der Waals surface area (Å²) >= 11 is 0. The molecule has 2 N–H and O–H groups in total. The predicted octanol–water partition coefficient (Wildman–Crippen LogP) is 1.33. The van der Waals surface area contributed by atoms with Crippen LogP contribution < -0.4 is 5.32 Å². The summed E-state index contributed by atoms with van der Waals surface area (Å²) in [5, 5.41) is 12.3. The molecule has 1 aliphatic heterocycles. The maximum atomic E-state index is 12.4. The number of rotatable bonds is 4. The Hall–Kier alpha value is -1.14. The molecule has 2 aliphatic carbocycles. The standard InChI is InChI=1S/C16H25NO5/c1-14(2)10-21-11(7-22-14)6-17-12(18)16(13(19)20)8-15(9-16)4-3-5-15/h11H,3-10H2,1-2H3,(H,17,18)(H,19,20). The van der Waals surface area contributed by atoms with Crippen LogP contribution in [-0.2, 0) is 19.1 Å². The molecule has 0 aromatic heterocycles. The second-order valence-electron chi connectivity index (χ2n) is 7.81. The van der Waals surface area contributed by atoms with E-state index in [2.05, 4.69) is 5.32 Å². The summed E-state index contributed by atoms with van der Waals surface area (Å²) in [4.78, 5) is 24.0. The first kappa shape index (κ1) is 15.7. The van der Waals surface area contributed by atoms with Crippen molar-refractivity contribution in [2.75, 3.05) is 19.8 Å². The Morgan fingerprint density at radius 1 is 1.27 bits per heavy atom. The van der Waals surface area contributed by atoms with E-state index >= 15 is 0 Å². The number of carbonyl (C=O) groups excluding carboxylic acids is 1. The number of ether oxygens (including phenoxy) is 2. The summed E-state index contributed by atoms with van der Waals surface area (Å²) in [6.07, 6.45) is 4.03. The van der Waals surface area contributed by atoms with Crippen LogP contribution >= 0.6 is 0 Å². The van der Waals surface area contributed by atoms with Gasteiger partial charge in [-0.2, -0.15) is 0 Å². The molecule has 0 aromatic rings. The van der Waals surface area contributed by atoms with Crippen molar-refractivity contribution < 1.29 is 24.2 Å². The van der Waals surface area contributed by atoms with E-state index in [9.17, 15) is 14.7 Å². The third-order valence-corrected chi connectivity index (χ3v) is 5.43. The van der Waals surface area contributed by atoms with Crippen LogP contribution in [0.3, 0.4) is 0 Å². The fourth-order valence-corrected chi connectivity index (χ4v) is 3.89.